The summed E-state index contributed by atoms with van der Waals surface area (Å²) in [5.74, 6) is 1.73. The van der Waals surface area contributed by atoms with E-state index < -0.39 is 0 Å². The molecule has 1 saturated heterocycles. The second-order valence-electron chi connectivity index (χ2n) is 5.74. The number of rotatable bonds is 6. The zero-order chi connectivity index (χ0) is 16.1. The fourth-order valence-electron chi connectivity index (χ4n) is 2.73. The van der Waals surface area contributed by atoms with Crippen LogP contribution in [0.4, 0.5) is 0 Å². The number of amides is 1. The summed E-state index contributed by atoms with van der Waals surface area (Å²) >= 11 is 0. The molecule has 2 aromatic rings. The highest BCUT2D eigenvalue weighted by molar-refractivity contribution is 5.72. The van der Waals surface area contributed by atoms with Gasteiger partial charge in [-0.05, 0) is 24.6 Å². The van der Waals surface area contributed by atoms with Crippen LogP contribution in [-0.2, 0) is 16.1 Å². The van der Waals surface area contributed by atoms with Crippen LogP contribution in [0.25, 0.3) is 11.5 Å². The number of furan rings is 1. The van der Waals surface area contributed by atoms with Gasteiger partial charge in [0.2, 0.25) is 5.91 Å². The molecule has 23 heavy (non-hydrogen) atoms. The molecule has 1 aliphatic rings. The number of carbonyl (C=O) groups is 1. The number of H-pyrrole nitrogens is 1. The molecule has 0 unspecified atom stereocenters. The van der Waals surface area contributed by atoms with Gasteiger partial charge < -0.3 is 14.5 Å². The fraction of sp³-hybridized carbons (Fsp3) is 0.500. The Bertz CT molecular complexity index is 623. The lowest BCUT2D eigenvalue weighted by Crippen LogP contribution is -2.43. The van der Waals surface area contributed by atoms with Gasteiger partial charge in [-0.15, -0.1) is 0 Å². The summed E-state index contributed by atoms with van der Waals surface area (Å²) in [4.78, 5) is 13.2. The van der Waals surface area contributed by atoms with Crippen LogP contribution in [0.1, 0.15) is 19.1 Å². The molecule has 1 fully saturated rings. The lowest BCUT2D eigenvalue weighted by molar-refractivity contribution is -0.119. The molecular formula is C16H22N4O3. The van der Waals surface area contributed by atoms with Crippen LogP contribution in [0.3, 0.4) is 0 Å². The van der Waals surface area contributed by atoms with Gasteiger partial charge in [0.05, 0.1) is 19.3 Å². The molecule has 0 spiro atoms. The zero-order valence-electron chi connectivity index (χ0n) is 13.2. The SMILES string of the molecule is CC(=O)NCC[C@@H]1CN(Cc2ccc(-c3ccn[nH]3)o2)CCO1. The van der Waals surface area contributed by atoms with Gasteiger partial charge in [0.1, 0.15) is 11.5 Å². The van der Waals surface area contributed by atoms with E-state index in [1.54, 1.807) is 6.20 Å². The van der Waals surface area contributed by atoms with E-state index >= 15 is 0 Å². The second-order valence-corrected chi connectivity index (χ2v) is 5.74. The van der Waals surface area contributed by atoms with Crippen molar-refractivity contribution < 1.29 is 13.9 Å². The van der Waals surface area contributed by atoms with E-state index in [-0.39, 0.29) is 12.0 Å². The van der Waals surface area contributed by atoms with Crippen LogP contribution in [-0.4, -0.2) is 53.3 Å². The predicted octanol–water partition coefficient (Wildman–Crippen LogP) is 1.40. The number of nitrogens with one attached hydrogen (secondary N) is 2. The average molecular weight is 318 g/mol. The number of morpholine rings is 1. The third-order valence-corrected chi connectivity index (χ3v) is 3.87. The maximum Gasteiger partial charge on any atom is 0.216 e. The Morgan fingerprint density at radius 1 is 1.48 bits per heavy atom. The molecule has 2 aromatic heterocycles. The molecule has 7 nitrogen and oxygen atoms in total. The average Bonchev–Trinajstić information content (AvgIpc) is 3.18. The Morgan fingerprint density at radius 2 is 2.39 bits per heavy atom. The molecule has 7 heteroatoms. The van der Waals surface area contributed by atoms with Crippen molar-refractivity contribution in [2.24, 2.45) is 0 Å². The molecule has 0 bridgehead atoms. The highest BCUT2D eigenvalue weighted by atomic mass is 16.5. The third-order valence-electron chi connectivity index (χ3n) is 3.87. The molecule has 2 N–H and O–H groups in total. The molecule has 0 aliphatic carbocycles. The maximum absolute atomic E-state index is 10.9. The molecule has 1 atom stereocenters. The van der Waals surface area contributed by atoms with Crippen LogP contribution in [0.2, 0.25) is 0 Å². The van der Waals surface area contributed by atoms with Gasteiger partial charge in [-0.1, -0.05) is 0 Å². The lowest BCUT2D eigenvalue weighted by Gasteiger charge is -2.32. The van der Waals surface area contributed by atoms with E-state index in [0.29, 0.717) is 13.2 Å². The second kappa shape index (κ2) is 7.43. The highest BCUT2D eigenvalue weighted by Crippen LogP contribution is 2.21. The smallest absolute Gasteiger partial charge is 0.216 e. The van der Waals surface area contributed by atoms with E-state index in [9.17, 15) is 4.79 Å². The number of carbonyl (C=O) groups excluding carboxylic acids is 1. The lowest BCUT2D eigenvalue weighted by atomic mass is 10.2. The van der Waals surface area contributed by atoms with Crippen LogP contribution >= 0.6 is 0 Å². The monoisotopic (exact) mass is 318 g/mol. The van der Waals surface area contributed by atoms with Crippen molar-refractivity contribution in [1.29, 1.82) is 0 Å². The first-order valence-corrected chi connectivity index (χ1v) is 7.87. The first-order valence-electron chi connectivity index (χ1n) is 7.87. The quantitative estimate of drug-likeness (QED) is 0.841. The van der Waals surface area contributed by atoms with Gasteiger partial charge in [0.15, 0.2) is 5.76 Å². The van der Waals surface area contributed by atoms with Gasteiger partial charge in [-0.2, -0.15) is 5.10 Å². The largest absolute Gasteiger partial charge is 0.458 e. The number of hydrogen-bond acceptors (Lipinski definition) is 5. The number of aromatic nitrogens is 2. The minimum atomic E-state index is -0.000382. The van der Waals surface area contributed by atoms with Gasteiger partial charge in [0.25, 0.3) is 0 Å². The summed E-state index contributed by atoms with van der Waals surface area (Å²) in [6.07, 6.45) is 2.69. The molecule has 124 valence electrons. The van der Waals surface area contributed by atoms with Crippen molar-refractivity contribution in [3.8, 4) is 11.5 Å². The van der Waals surface area contributed by atoms with Crippen LogP contribution in [0, 0.1) is 0 Å². The molecule has 3 heterocycles. The van der Waals surface area contributed by atoms with Crippen molar-refractivity contribution in [3.05, 3.63) is 30.2 Å². The number of ether oxygens (including phenoxy) is 1. The molecule has 1 aliphatic heterocycles. The topological polar surface area (TPSA) is 83.4 Å². The Labute approximate surface area is 135 Å². The molecule has 3 rings (SSSR count). The van der Waals surface area contributed by atoms with Crippen LogP contribution in [0.15, 0.2) is 28.8 Å². The summed E-state index contributed by atoms with van der Waals surface area (Å²) in [6.45, 7) is 5.38. The van der Waals surface area contributed by atoms with E-state index in [0.717, 1.165) is 43.3 Å². The molecular weight excluding hydrogens is 296 g/mol. The van der Waals surface area contributed by atoms with Gasteiger partial charge in [-0.25, -0.2) is 0 Å². The van der Waals surface area contributed by atoms with Crippen molar-refractivity contribution in [2.75, 3.05) is 26.2 Å². The number of aromatic amines is 1. The van der Waals surface area contributed by atoms with Crippen molar-refractivity contribution in [3.63, 3.8) is 0 Å². The molecule has 0 aromatic carbocycles. The Kier molecular flexibility index (Phi) is 5.09. The molecule has 1 amide bonds. The highest BCUT2D eigenvalue weighted by Gasteiger charge is 2.21. The summed E-state index contributed by atoms with van der Waals surface area (Å²) < 4.78 is 11.6. The Balaban J connectivity index is 1.50. The van der Waals surface area contributed by atoms with E-state index in [1.807, 2.05) is 18.2 Å². The predicted molar refractivity (Wildman–Crippen MR) is 84.6 cm³/mol. The summed E-state index contributed by atoms with van der Waals surface area (Å²) in [5, 5.41) is 9.64. The van der Waals surface area contributed by atoms with Gasteiger partial charge >= 0.3 is 0 Å². The Morgan fingerprint density at radius 3 is 3.17 bits per heavy atom. The standard InChI is InChI=1S/C16H22N4O3/c1-12(21)17-6-4-13-10-20(8-9-22-13)11-14-2-3-16(23-14)15-5-7-18-19-15/h2-3,5,7,13H,4,6,8-11H2,1H3,(H,17,21)(H,18,19)/t13-/m1/s1. The van der Waals surface area contributed by atoms with Crippen LogP contribution < -0.4 is 5.32 Å². The van der Waals surface area contributed by atoms with Gasteiger partial charge in [-0.3, -0.25) is 14.8 Å². The summed E-state index contributed by atoms with van der Waals surface area (Å²) in [5.41, 5.74) is 0.881. The van der Waals surface area contributed by atoms with E-state index in [2.05, 4.69) is 20.4 Å². The van der Waals surface area contributed by atoms with Gasteiger partial charge in [0, 0.05) is 32.8 Å². The van der Waals surface area contributed by atoms with Crippen molar-refractivity contribution in [1.82, 2.24) is 20.4 Å². The molecule has 0 saturated carbocycles. The normalized spacial score (nSPS) is 18.9. The maximum atomic E-state index is 10.9. The first kappa shape index (κ1) is 15.8. The zero-order valence-corrected chi connectivity index (χ0v) is 13.2. The summed E-state index contributed by atoms with van der Waals surface area (Å²) in [6, 6.07) is 5.84. The number of nitrogens with zero attached hydrogens (tertiary/aromatic N) is 2. The van der Waals surface area contributed by atoms with E-state index in [1.165, 1.54) is 6.92 Å². The summed E-state index contributed by atoms with van der Waals surface area (Å²) in [7, 11) is 0. The van der Waals surface area contributed by atoms with Crippen molar-refractivity contribution >= 4 is 5.91 Å². The van der Waals surface area contributed by atoms with Crippen molar-refractivity contribution in [2.45, 2.75) is 26.0 Å². The van der Waals surface area contributed by atoms with E-state index in [4.69, 9.17) is 9.15 Å². The fourth-order valence-corrected chi connectivity index (χ4v) is 2.73. The minimum Gasteiger partial charge on any atom is -0.458 e. The Hall–Kier alpha value is -2.12. The third kappa shape index (κ3) is 4.43. The number of hydrogen-bond donors (Lipinski definition) is 2. The molecule has 0 radical (unpaired) electrons. The van der Waals surface area contributed by atoms with Crippen LogP contribution in [0.5, 0.6) is 0 Å². The first-order chi connectivity index (χ1) is 11.2. The minimum absolute atomic E-state index is 0.000382.